The van der Waals surface area contributed by atoms with Crippen LogP contribution in [0.25, 0.3) is 0 Å². The van der Waals surface area contributed by atoms with Gasteiger partial charge in [-0.3, -0.25) is 5.41 Å². The van der Waals surface area contributed by atoms with Crippen LogP contribution in [0.15, 0.2) is 18.2 Å². The van der Waals surface area contributed by atoms with E-state index in [0.29, 0.717) is 16.3 Å². The minimum atomic E-state index is -0.695. The number of ether oxygens (including phenoxy) is 2. The Morgan fingerprint density at radius 1 is 1.50 bits per heavy atom. The smallest absolute Gasteiger partial charge is 0.356 e. The number of benzene rings is 1. The number of carbonyl (C=O) groups excluding carboxylic acids is 1. The molecule has 1 aromatic rings. The maximum atomic E-state index is 11.5. The summed E-state index contributed by atoms with van der Waals surface area (Å²) in [7, 11) is 1.25. The summed E-state index contributed by atoms with van der Waals surface area (Å²) in [5.74, 6) is -0.695. The van der Waals surface area contributed by atoms with Crippen LogP contribution in [0.2, 0.25) is 5.02 Å². The number of carbonyl (C=O) groups is 1. The summed E-state index contributed by atoms with van der Waals surface area (Å²) in [6, 6.07) is 5.03. The van der Waals surface area contributed by atoms with Crippen molar-refractivity contribution in [2.24, 2.45) is 0 Å². The molecule has 5 nitrogen and oxygen atoms in total. The van der Waals surface area contributed by atoms with Crippen molar-refractivity contribution >= 4 is 29.0 Å². The number of anilines is 1. The first kappa shape index (κ1) is 14.8. The van der Waals surface area contributed by atoms with Crippen molar-refractivity contribution in [1.82, 2.24) is 0 Å². The van der Waals surface area contributed by atoms with E-state index >= 15 is 0 Å². The Hall–Kier alpha value is -1.59. The van der Waals surface area contributed by atoms with Gasteiger partial charge in [0.2, 0.25) is 0 Å². The molecule has 20 heavy (non-hydrogen) atoms. The van der Waals surface area contributed by atoms with Gasteiger partial charge in [-0.15, -0.1) is 0 Å². The van der Waals surface area contributed by atoms with E-state index in [1.54, 1.807) is 18.2 Å². The SMILES string of the molecule is COC(=O)C(=N)c1cc(Cl)ccc1NC1CCCCO1. The van der Waals surface area contributed by atoms with Crippen molar-refractivity contribution in [1.29, 1.82) is 5.41 Å². The highest BCUT2D eigenvalue weighted by Crippen LogP contribution is 2.24. The Kier molecular flexibility index (Phi) is 4.98. The Balaban J connectivity index is 2.23. The lowest BCUT2D eigenvalue weighted by atomic mass is 10.1. The molecule has 0 bridgehead atoms. The average Bonchev–Trinajstić information content (AvgIpc) is 2.48. The van der Waals surface area contributed by atoms with Gasteiger partial charge in [0.25, 0.3) is 0 Å². The van der Waals surface area contributed by atoms with Crippen LogP contribution in [0.3, 0.4) is 0 Å². The number of nitrogens with one attached hydrogen (secondary N) is 2. The molecule has 0 aromatic heterocycles. The zero-order valence-electron chi connectivity index (χ0n) is 11.2. The number of hydrogen-bond donors (Lipinski definition) is 2. The highest BCUT2D eigenvalue weighted by molar-refractivity contribution is 6.43. The Morgan fingerprint density at radius 3 is 2.95 bits per heavy atom. The van der Waals surface area contributed by atoms with Crippen LogP contribution in [-0.2, 0) is 14.3 Å². The first-order chi connectivity index (χ1) is 9.61. The van der Waals surface area contributed by atoms with E-state index in [0.717, 1.165) is 25.9 Å². The highest BCUT2D eigenvalue weighted by Gasteiger charge is 2.20. The third-order valence-corrected chi connectivity index (χ3v) is 3.37. The molecule has 1 aliphatic rings. The van der Waals surface area contributed by atoms with E-state index in [-0.39, 0.29) is 11.9 Å². The maximum absolute atomic E-state index is 11.5. The summed E-state index contributed by atoms with van der Waals surface area (Å²) >= 11 is 5.94. The number of hydrogen-bond acceptors (Lipinski definition) is 5. The fourth-order valence-electron chi connectivity index (χ4n) is 2.09. The molecule has 1 unspecified atom stereocenters. The van der Waals surface area contributed by atoms with Gasteiger partial charge in [-0.25, -0.2) is 4.79 Å². The summed E-state index contributed by atoms with van der Waals surface area (Å²) < 4.78 is 10.2. The Bertz CT molecular complexity index is 513. The van der Waals surface area contributed by atoms with Gasteiger partial charge < -0.3 is 14.8 Å². The number of methoxy groups -OCH3 is 1. The van der Waals surface area contributed by atoms with Gasteiger partial charge in [0.05, 0.1) is 7.11 Å². The number of rotatable bonds is 4. The highest BCUT2D eigenvalue weighted by atomic mass is 35.5. The zero-order chi connectivity index (χ0) is 14.5. The van der Waals surface area contributed by atoms with Crippen LogP contribution < -0.4 is 5.32 Å². The molecule has 1 aliphatic heterocycles. The van der Waals surface area contributed by atoms with E-state index in [4.69, 9.17) is 21.7 Å². The molecule has 0 amide bonds. The lowest BCUT2D eigenvalue weighted by molar-refractivity contribution is -0.132. The third-order valence-electron chi connectivity index (χ3n) is 3.14. The molecule has 1 heterocycles. The summed E-state index contributed by atoms with van der Waals surface area (Å²) in [5, 5.41) is 11.5. The molecule has 2 rings (SSSR count). The van der Waals surface area contributed by atoms with Crippen LogP contribution in [-0.4, -0.2) is 31.6 Å². The predicted octanol–water partition coefficient (Wildman–Crippen LogP) is 2.82. The summed E-state index contributed by atoms with van der Waals surface area (Å²) in [5.41, 5.74) is 0.837. The predicted molar refractivity (Wildman–Crippen MR) is 77.5 cm³/mol. The molecule has 1 fully saturated rings. The van der Waals surface area contributed by atoms with Gasteiger partial charge >= 0.3 is 5.97 Å². The molecule has 1 aromatic carbocycles. The summed E-state index contributed by atoms with van der Waals surface area (Å²) in [4.78, 5) is 11.5. The number of esters is 1. The van der Waals surface area contributed by atoms with Gasteiger partial charge in [-0.2, -0.15) is 0 Å². The lowest BCUT2D eigenvalue weighted by Gasteiger charge is -2.25. The van der Waals surface area contributed by atoms with Crippen LogP contribution in [0.5, 0.6) is 0 Å². The second-order valence-corrected chi connectivity index (χ2v) is 4.99. The van der Waals surface area contributed by atoms with E-state index in [2.05, 4.69) is 10.1 Å². The normalized spacial score (nSPS) is 18.4. The van der Waals surface area contributed by atoms with Crippen LogP contribution in [0, 0.1) is 5.41 Å². The minimum absolute atomic E-state index is 0.103. The van der Waals surface area contributed by atoms with E-state index in [1.807, 2.05) is 0 Å². The Morgan fingerprint density at radius 2 is 2.30 bits per heavy atom. The molecule has 1 atom stereocenters. The second-order valence-electron chi connectivity index (χ2n) is 4.56. The van der Waals surface area contributed by atoms with Crippen molar-refractivity contribution < 1.29 is 14.3 Å². The molecule has 1 saturated heterocycles. The van der Waals surface area contributed by atoms with E-state index in [1.165, 1.54) is 7.11 Å². The van der Waals surface area contributed by atoms with Crippen molar-refractivity contribution in [3.8, 4) is 0 Å². The van der Waals surface area contributed by atoms with Crippen LogP contribution >= 0.6 is 11.6 Å². The van der Waals surface area contributed by atoms with Crippen molar-refractivity contribution in [3.05, 3.63) is 28.8 Å². The quantitative estimate of drug-likeness (QED) is 0.662. The fraction of sp³-hybridized carbons (Fsp3) is 0.429. The second kappa shape index (κ2) is 6.72. The van der Waals surface area contributed by atoms with E-state index < -0.39 is 5.97 Å². The molecule has 0 radical (unpaired) electrons. The Labute approximate surface area is 122 Å². The molecule has 108 valence electrons. The summed E-state index contributed by atoms with van der Waals surface area (Å²) in [6.07, 6.45) is 2.95. The van der Waals surface area contributed by atoms with Gasteiger partial charge in [0, 0.05) is 22.9 Å². The third kappa shape index (κ3) is 3.49. The standard InChI is InChI=1S/C14H17ClN2O3/c1-19-14(18)13(16)10-8-9(15)5-6-11(10)17-12-4-2-3-7-20-12/h5-6,8,12,16-17H,2-4,7H2,1H3. The molecule has 6 heteroatoms. The fourth-order valence-corrected chi connectivity index (χ4v) is 2.26. The largest absolute Gasteiger partial charge is 0.464 e. The first-order valence-corrected chi connectivity index (χ1v) is 6.84. The monoisotopic (exact) mass is 296 g/mol. The van der Waals surface area contributed by atoms with Gasteiger partial charge in [0.15, 0.2) is 0 Å². The van der Waals surface area contributed by atoms with Gasteiger partial charge in [-0.1, -0.05) is 11.6 Å². The van der Waals surface area contributed by atoms with Crippen LogP contribution in [0.4, 0.5) is 5.69 Å². The summed E-state index contributed by atoms with van der Waals surface area (Å²) in [6.45, 7) is 0.717. The lowest BCUT2D eigenvalue weighted by Crippen LogP contribution is -2.28. The molecule has 0 spiro atoms. The molecular formula is C14H17ClN2O3. The van der Waals surface area contributed by atoms with Crippen molar-refractivity contribution in [2.45, 2.75) is 25.5 Å². The van der Waals surface area contributed by atoms with Crippen molar-refractivity contribution in [3.63, 3.8) is 0 Å². The average molecular weight is 297 g/mol. The van der Waals surface area contributed by atoms with Gasteiger partial charge in [0.1, 0.15) is 11.9 Å². The van der Waals surface area contributed by atoms with Crippen molar-refractivity contribution in [2.75, 3.05) is 19.0 Å². The zero-order valence-corrected chi connectivity index (χ0v) is 12.0. The minimum Gasteiger partial charge on any atom is -0.464 e. The van der Waals surface area contributed by atoms with E-state index in [9.17, 15) is 4.79 Å². The topological polar surface area (TPSA) is 71.4 Å². The van der Waals surface area contributed by atoms with Gasteiger partial charge in [-0.05, 0) is 37.5 Å². The molecule has 2 N–H and O–H groups in total. The number of halogens is 1. The molecule has 0 aliphatic carbocycles. The van der Waals surface area contributed by atoms with Crippen LogP contribution in [0.1, 0.15) is 24.8 Å². The first-order valence-electron chi connectivity index (χ1n) is 6.46. The maximum Gasteiger partial charge on any atom is 0.356 e. The molecule has 0 saturated carbocycles. The molecular weight excluding hydrogens is 280 g/mol.